The number of ether oxygens (including phenoxy) is 3. The van der Waals surface area contributed by atoms with Crippen LogP contribution in [0.3, 0.4) is 0 Å². The van der Waals surface area contributed by atoms with Crippen LogP contribution in [0.15, 0.2) is 82.5 Å². The van der Waals surface area contributed by atoms with Gasteiger partial charge in [0, 0.05) is 24.7 Å². The molecule has 52 heavy (non-hydrogen) atoms. The van der Waals surface area contributed by atoms with Gasteiger partial charge in [-0.15, -0.1) is 23.1 Å². The maximum atomic E-state index is 14.0. The topological polar surface area (TPSA) is 175 Å². The number of nitrogens with one attached hydrogen (secondary N) is 2. The summed E-state index contributed by atoms with van der Waals surface area (Å²) in [4.78, 5) is 75.5. The predicted octanol–water partition coefficient (Wildman–Crippen LogP) is 4.19. The van der Waals surface area contributed by atoms with Crippen molar-refractivity contribution >= 4 is 64.1 Å². The number of rotatable bonds is 16. The molecule has 2 aliphatic heterocycles. The predicted molar refractivity (Wildman–Crippen MR) is 194 cm³/mol. The Morgan fingerprint density at radius 1 is 1.08 bits per heavy atom. The van der Waals surface area contributed by atoms with Crippen LogP contribution in [0.25, 0.3) is 0 Å². The number of thiazole rings is 1. The summed E-state index contributed by atoms with van der Waals surface area (Å²) in [6.45, 7) is 5.38. The Labute approximate surface area is 308 Å². The van der Waals surface area contributed by atoms with Crippen LogP contribution in [0.4, 0.5) is 5.13 Å². The normalized spacial score (nSPS) is 17.2. The molecule has 0 aliphatic carbocycles. The summed E-state index contributed by atoms with van der Waals surface area (Å²) >= 11 is 2.42. The molecule has 1 aromatic heterocycles. The number of anilines is 1. The number of thioether (sulfide) groups is 1. The van der Waals surface area contributed by atoms with Gasteiger partial charge in [0.05, 0.1) is 6.61 Å². The minimum atomic E-state index is -1.02. The molecule has 14 nitrogen and oxygen atoms in total. The lowest BCUT2D eigenvalue weighted by atomic mass is 10.0. The van der Waals surface area contributed by atoms with Crippen LogP contribution in [0.5, 0.6) is 0 Å². The summed E-state index contributed by atoms with van der Waals surface area (Å²) in [6.07, 6.45) is 0.0435. The van der Waals surface area contributed by atoms with E-state index in [1.807, 2.05) is 60.7 Å². The number of hydrogen-bond donors (Lipinski definition) is 2. The van der Waals surface area contributed by atoms with E-state index >= 15 is 0 Å². The second-order valence-electron chi connectivity index (χ2n) is 12.6. The lowest BCUT2D eigenvalue weighted by Gasteiger charge is -2.49. The largest absolute Gasteiger partial charge is 0.460 e. The van der Waals surface area contributed by atoms with Crippen molar-refractivity contribution in [3.63, 3.8) is 0 Å². The van der Waals surface area contributed by atoms with Gasteiger partial charge in [-0.25, -0.2) is 9.78 Å². The molecule has 0 saturated carbocycles. The van der Waals surface area contributed by atoms with Gasteiger partial charge in [-0.3, -0.25) is 24.1 Å². The fraction of sp³-hybridized carbons (Fsp3) is 0.361. The van der Waals surface area contributed by atoms with Gasteiger partial charge in [0.15, 0.2) is 16.9 Å². The molecule has 0 spiro atoms. The number of methoxy groups -OCH3 is 1. The number of benzene rings is 2. The van der Waals surface area contributed by atoms with Gasteiger partial charge in [0.2, 0.25) is 6.41 Å². The monoisotopic (exact) mass is 749 g/mol. The zero-order chi connectivity index (χ0) is 37.3. The fourth-order valence-corrected chi connectivity index (χ4v) is 7.38. The summed E-state index contributed by atoms with van der Waals surface area (Å²) in [5.74, 6) is -2.05. The standard InChI is InChI=1S/C36H39N5O9S2/c1-36(2,3)50-26(43)16-11-17-48-40-27(25-20-52-35(38-25)37-21-42)31(44)39-28-32(45)41-29(24(18-47-4)19-51-33(28)41)34(46)49-30(22-12-7-5-8-13-22)23-14-9-6-10-15-23/h5-10,12-15,20-21,28,30,33H,11,16-19H2,1-4H3,(H,39,44)(H,37,38,42)/b40-27-/t28?,33-/m1/s1. The highest BCUT2D eigenvalue weighted by Crippen LogP contribution is 2.41. The van der Waals surface area contributed by atoms with E-state index < -0.39 is 46.9 Å². The van der Waals surface area contributed by atoms with E-state index in [4.69, 9.17) is 19.0 Å². The van der Waals surface area contributed by atoms with Gasteiger partial charge in [0.25, 0.3) is 11.8 Å². The van der Waals surface area contributed by atoms with Gasteiger partial charge in [-0.1, -0.05) is 65.8 Å². The Kier molecular flexibility index (Phi) is 12.8. The zero-order valence-corrected chi connectivity index (χ0v) is 30.7. The quantitative estimate of drug-likeness (QED) is 0.0537. The average Bonchev–Trinajstić information content (AvgIpc) is 3.59. The summed E-state index contributed by atoms with van der Waals surface area (Å²) in [5.41, 5.74) is 1.38. The number of aromatic nitrogens is 1. The maximum Gasteiger partial charge on any atom is 0.356 e. The highest BCUT2D eigenvalue weighted by Gasteiger charge is 2.55. The minimum absolute atomic E-state index is 0.0142. The molecule has 2 aromatic carbocycles. The van der Waals surface area contributed by atoms with E-state index in [1.165, 1.54) is 29.2 Å². The molecule has 0 radical (unpaired) electrons. The minimum Gasteiger partial charge on any atom is -0.460 e. The summed E-state index contributed by atoms with van der Waals surface area (Å²) in [6, 6.07) is 17.6. The van der Waals surface area contributed by atoms with Crippen LogP contribution < -0.4 is 10.6 Å². The number of esters is 2. The zero-order valence-electron chi connectivity index (χ0n) is 29.0. The van der Waals surface area contributed by atoms with Crippen molar-refractivity contribution in [2.24, 2.45) is 5.16 Å². The van der Waals surface area contributed by atoms with Crippen LogP contribution >= 0.6 is 23.1 Å². The Hall–Kier alpha value is -5.06. The number of oxime groups is 1. The van der Waals surface area contributed by atoms with Crippen LogP contribution in [0, 0.1) is 0 Å². The molecule has 1 saturated heterocycles. The molecule has 16 heteroatoms. The van der Waals surface area contributed by atoms with E-state index in [-0.39, 0.29) is 48.3 Å². The Bertz CT molecular complexity index is 1790. The Morgan fingerprint density at radius 2 is 1.75 bits per heavy atom. The number of β-lactam (4-membered cyclic amide) rings is 1. The number of fused-ring (bicyclic) bond motifs is 1. The summed E-state index contributed by atoms with van der Waals surface area (Å²) < 4.78 is 16.8. The van der Waals surface area contributed by atoms with Gasteiger partial charge in [-0.2, -0.15) is 0 Å². The number of carbonyl (C=O) groups is 5. The number of hydrogen-bond acceptors (Lipinski definition) is 13. The molecule has 3 amide bonds. The lowest BCUT2D eigenvalue weighted by molar-refractivity contribution is -0.155. The van der Waals surface area contributed by atoms with Crippen molar-refractivity contribution in [1.82, 2.24) is 15.2 Å². The number of carbonyl (C=O) groups excluding carboxylic acids is 5. The van der Waals surface area contributed by atoms with Crippen LogP contribution in [0.1, 0.15) is 56.5 Å². The molecule has 5 rings (SSSR count). The van der Waals surface area contributed by atoms with E-state index in [1.54, 1.807) is 20.8 Å². The third-order valence-electron chi connectivity index (χ3n) is 7.61. The molecule has 0 bridgehead atoms. The van der Waals surface area contributed by atoms with E-state index in [0.29, 0.717) is 17.7 Å². The molecule has 1 fully saturated rings. The highest BCUT2D eigenvalue weighted by atomic mass is 32.2. The molecule has 1 unspecified atom stereocenters. The first-order valence-corrected chi connectivity index (χ1v) is 18.3. The molecular formula is C36H39N5O9S2. The van der Waals surface area contributed by atoms with Crippen molar-refractivity contribution in [1.29, 1.82) is 0 Å². The van der Waals surface area contributed by atoms with E-state index in [9.17, 15) is 24.0 Å². The second kappa shape index (κ2) is 17.4. The van der Waals surface area contributed by atoms with Crippen molar-refractivity contribution < 1.29 is 43.0 Å². The van der Waals surface area contributed by atoms with Gasteiger partial charge >= 0.3 is 11.9 Å². The van der Waals surface area contributed by atoms with Gasteiger partial charge in [-0.05, 0) is 43.9 Å². The molecule has 3 aromatic rings. The van der Waals surface area contributed by atoms with E-state index in [2.05, 4.69) is 20.8 Å². The lowest BCUT2D eigenvalue weighted by Crippen LogP contribution is -2.71. The molecule has 2 N–H and O–H groups in total. The summed E-state index contributed by atoms with van der Waals surface area (Å²) in [5, 5.41) is 10.2. The van der Waals surface area contributed by atoms with Crippen LogP contribution in [0.2, 0.25) is 0 Å². The first-order chi connectivity index (χ1) is 25.0. The smallest absolute Gasteiger partial charge is 0.356 e. The third-order valence-corrected chi connectivity index (χ3v) is 9.73. The molecule has 3 heterocycles. The fourth-order valence-electron chi connectivity index (χ4n) is 5.40. The molecule has 2 aliphatic rings. The van der Waals surface area contributed by atoms with Gasteiger partial charge in [0.1, 0.15) is 35.0 Å². The summed E-state index contributed by atoms with van der Waals surface area (Å²) in [7, 11) is 1.50. The van der Waals surface area contributed by atoms with Crippen LogP contribution in [-0.2, 0) is 43.0 Å². The Morgan fingerprint density at radius 3 is 2.37 bits per heavy atom. The second-order valence-corrected chi connectivity index (χ2v) is 14.6. The first-order valence-electron chi connectivity index (χ1n) is 16.4. The number of nitrogens with zero attached hydrogens (tertiary/aromatic N) is 3. The van der Waals surface area contributed by atoms with Crippen molar-refractivity contribution in [3.8, 4) is 0 Å². The maximum absolute atomic E-state index is 14.0. The number of amides is 3. The van der Waals surface area contributed by atoms with Crippen LogP contribution in [-0.4, -0.2) is 88.9 Å². The third kappa shape index (κ3) is 9.43. The van der Waals surface area contributed by atoms with Crippen molar-refractivity contribution in [3.05, 3.63) is 94.1 Å². The van der Waals surface area contributed by atoms with Gasteiger partial charge < -0.3 is 29.7 Å². The van der Waals surface area contributed by atoms with Crippen molar-refractivity contribution in [2.75, 3.05) is 31.4 Å². The Balaban J connectivity index is 1.32. The first kappa shape index (κ1) is 38.2. The van der Waals surface area contributed by atoms with E-state index in [0.717, 1.165) is 22.5 Å². The SMILES string of the molecule is COCC1=C(C(=O)OC(c2ccccc2)c2ccccc2)N2C(=O)C(NC(=O)/C(=N\OCCCC(=O)OC(C)(C)C)c3csc(NC=O)n3)[C@H]2SC1. The average molecular weight is 750 g/mol. The van der Waals surface area contributed by atoms with Crippen molar-refractivity contribution in [2.45, 2.75) is 56.7 Å². The molecular weight excluding hydrogens is 711 g/mol. The highest BCUT2D eigenvalue weighted by molar-refractivity contribution is 8.00. The molecule has 2 atom stereocenters. The molecule has 274 valence electrons.